The molecular weight excluding hydrogens is 276 g/mol. The van der Waals surface area contributed by atoms with Crippen LogP contribution in [-0.2, 0) is 6.42 Å². The summed E-state index contributed by atoms with van der Waals surface area (Å²) < 4.78 is 1.99. The van der Waals surface area contributed by atoms with Crippen molar-refractivity contribution >= 4 is 23.5 Å². The lowest BCUT2D eigenvalue weighted by molar-refractivity contribution is 0.320. The SMILES string of the molecule is CSc1nc2c(c(=O)n1C1CCCCC1)SC(C)C2. The molecule has 0 radical (unpaired) electrons. The van der Waals surface area contributed by atoms with Crippen LogP contribution in [0.1, 0.15) is 50.8 Å². The minimum atomic E-state index is 0.218. The van der Waals surface area contributed by atoms with Crippen molar-refractivity contribution in [2.75, 3.05) is 6.26 Å². The molecule has 2 heterocycles. The zero-order chi connectivity index (χ0) is 13.4. The van der Waals surface area contributed by atoms with Crippen molar-refractivity contribution in [3.05, 3.63) is 16.0 Å². The molecule has 5 heteroatoms. The highest BCUT2D eigenvalue weighted by Gasteiger charge is 2.28. The van der Waals surface area contributed by atoms with Crippen molar-refractivity contribution in [3.63, 3.8) is 0 Å². The summed E-state index contributed by atoms with van der Waals surface area (Å²) in [6, 6.07) is 0.373. The van der Waals surface area contributed by atoms with E-state index >= 15 is 0 Å². The number of fused-ring (bicyclic) bond motifs is 1. The first-order chi connectivity index (χ1) is 9.20. The zero-order valence-electron chi connectivity index (χ0n) is 11.5. The molecule has 0 bridgehead atoms. The fourth-order valence-electron chi connectivity index (χ4n) is 3.12. The maximum atomic E-state index is 12.8. The van der Waals surface area contributed by atoms with E-state index in [-0.39, 0.29) is 5.56 Å². The Kier molecular flexibility index (Phi) is 3.94. The number of aromatic nitrogens is 2. The van der Waals surface area contributed by atoms with Crippen LogP contribution >= 0.6 is 23.5 Å². The Labute approximate surface area is 122 Å². The molecule has 0 N–H and O–H groups in total. The largest absolute Gasteiger partial charge is 0.284 e. The first-order valence-corrected chi connectivity index (χ1v) is 9.17. The summed E-state index contributed by atoms with van der Waals surface area (Å²) in [5, 5.41) is 1.41. The molecule has 104 valence electrons. The van der Waals surface area contributed by atoms with Crippen molar-refractivity contribution in [1.29, 1.82) is 0 Å². The number of thioether (sulfide) groups is 2. The molecule has 3 nitrogen and oxygen atoms in total. The molecular formula is C14H20N2OS2. The van der Waals surface area contributed by atoms with Gasteiger partial charge in [-0.2, -0.15) is 0 Å². The molecule has 1 aromatic rings. The van der Waals surface area contributed by atoms with E-state index in [1.807, 2.05) is 10.8 Å². The molecule has 1 aliphatic heterocycles. The lowest BCUT2D eigenvalue weighted by atomic mass is 9.95. The first-order valence-electron chi connectivity index (χ1n) is 7.06. The van der Waals surface area contributed by atoms with Gasteiger partial charge in [-0.3, -0.25) is 9.36 Å². The topological polar surface area (TPSA) is 34.9 Å². The maximum Gasteiger partial charge on any atom is 0.268 e. The van der Waals surface area contributed by atoms with Crippen LogP contribution in [0.2, 0.25) is 0 Å². The van der Waals surface area contributed by atoms with E-state index in [1.165, 1.54) is 19.3 Å². The predicted octanol–water partition coefficient (Wildman–Crippen LogP) is 3.51. The van der Waals surface area contributed by atoms with Gasteiger partial charge < -0.3 is 0 Å². The van der Waals surface area contributed by atoms with Crippen LogP contribution in [0.4, 0.5) is 0 Å². The van der Waals surface area contributed by atoms with E-state index in [2.05, 4.69) is 6.92 Å². The third kappa shape index (κ3) is 2.47. The summed E-state index contributed by atoms with van der Waals surface area (Å²) in [5.74, 6) is 0. The summed E-state index contributed by atoms with van der Waals surface area (Å²) in [6.07, 6.45) is 9.02. The lowest BCUT2D eigenvalue weighted by Gasteiger charge is -2.26. The molecule has 3 rings (SSSR count). The lowest BCUT2D eigenvalue weighted by Crippen LogP contribution is -2.30. The third-order valence-corrected chi connectivity index (χ3v) is 5.90. The van der Waals surface area contributed by atoms with E-state index in [0.717, 1.165) is 35.0 Å². The molecule has 1 unspecified atom stereocenters. The van der Waals surface area contributed by atoms with Crippen LogP contribution in [0, 0.1) is 0 Å². The van der Waals surface area contributed by atoms with Crippen LogP contribution in [-0.4, -0.2) is 21.1 Å². The smallest absolute Gasteiger partial charge is 0.268 e. The molecule has 1 aliphatic carbocycles. The quantitative estimate of drug-likeness (QED) is 0.618. The summed E-state index contributed by atoms with van der Waals surface area (Å²) in [4.78, 5) is 18.5. The van der Waals surface area contributed by atoms with E-state index in [9.17, 15) is 4.79 Å². The fraction of sp³-hybridized carbons (Fsp3) is 0.714. The summed E-state index contributed by atoms with van der Waals surface area (Å²) in [6.45, 7) is 2.18. The van der Waals surface area contributed by atoms with Crippen LogP contribution in [0.5, 0.6) is 0 Å². The van der Waals surface area contributed by atoms with Crippen molar-refractivity contribution in [2.24, 2.45) is 0 Å². The monoisotopic (exact) mass is 296 g/mol. The standard InChI is InChI=1S/C14H20N2OS2/c1-9-8-11-12(19-9)13(17)16(14(15-11)18-2)10-6-4-3-5-7-10/h9-10H,3-8H2,1-2H3. The average Bonchev–Trinajstić information content (AvgIpc) is 2.80. The van der Waals surface area contributed by atoms with Gasteiger partial charge in [-0.1, -0.05) is 37.9 Å². The van der Waals surface area contributed by atoms with Crippen LogP contribution in [0.15, 0.2) is 14.8 Å². The fourth-order valence-corrected chi connectivity index (χ4v) is 4.85. The molecule has 0 aromatic carbocycles. The van der Waals surface area contributed by atoms with Crippen molar-refractivity contribution < 1.29 is 0 Å². The molecule has 2 aliphatic rings. The zero-order valence-corrected chi connectivity index (χ0v) is 13.1. The van der Waals surface area contributed by atoms with Gasteiger partial charge in [0.1, 0.15) is 0 Å². The van der Waals surface area contributed by atoms with Crippen LogP contribution in [0.25, 0.3) is 0 Å². The summed E-state index contributed by atoms with van der Waals surface area (Å²) in [5.41, 5.74) is 1.24. The molecule has 1 fully saturated rings. The molecule has 0 spiro atoms. The Bertz CT molecular complexity index is 535. The van der Waals surface area contributed by atoms with Crippen LogP contribution in [0.3, 0.4) is 0 Å². The van der Waals surface area contributed by atoms with E-state index in [0.29, 0.717) is 11.3 Å². The Morgan fingerprint density at radius 2 is 2.05 bits per heavy atom. The number of nitrogens with zero attached hydrogens (tertiary/aromatic N) is 2. The second-order valence-electron chi connectivity index (χ2n) is 5.47. The van der Waals surface area contributed by atoms with Gasteiger partial charge in [0.25, 0.3) is 5.56 Å². The van der Waals surface area contributed by atoms with Crippen molar-refractivity contribution in [3.8, 4) is 0 Å². The summed E-state index contributed by atoms with van der Waals surface area (Å²) >= 11 is 3.32. The van der Waals surface area contributed by atoms with Crippen molar-refractivity contribution in [2.45, 2.75) is 66.8 Å². The second-order valence-corrected chi connectivity index (χ2v) is 7.70. The maximum absolute atomic E-state index is 12.8. The Hall–Kier alpha value is -0.420. The van der Waals surface area contributed by atoms with E-state index in [1.54, 1.807) is 23.5 Å². The second kappa shape index (κ2) is 5.52. The molecule has 0 saturated heterocycles. The van der Waals surface area contributed by atoms with Gasteiger partial charge in [0.15, 0.2) is 5.16 Å². The third-order valence-electron chi connectivity index (χ3n) is 4.03. The Balaban J connectivity index is 2.08. The highest BCUT2D eigenvalue weighted by Crippen LogP contribution is 2.36. The van der Waals surface area contributed by atoms with Gasteiger partial charge in [-0.15, -0.1) is 11.8 Å². The van der Waals surface area contributed by atoms with Crippen LogP contribution < -0.4 is 5.56 Å². The average molecular weight is 296 g/mol. The number of rotatable bonds is 2. The molecule has 1 saturated carbocycles. The van der Waals surface area contributed by atoms with Gasteiger partial charge >= 0.3 is 0 Å². The minimum Gasteiger partial charge on any atom is -0.284 e. The highest BCUT2D eigenvalue weighted by atomic mass is 32.2. The van der Waals surface area contributed by atoms with E-state index < -0.39 is 0 Å². The Morgan fingerprint density at radius 1 is 1.32 bits per heavy atom. The molecule has 19 heavy (non-hydrogen) atoms. The summed E-state index contributed by atoms with van der Waals surface area (Å²) in [7, 11) is 0. The van der Waals surface area contributed by atoms with Gasteiger partial charge in [-0.05, 0) is 19.1 Å². The van der Waals surface area contributed by atoms with Gasteiger partial charge in [0.05, 0.1) is 10.6 Å². The Morgan fingerprint density at radius 3 is 2.74 bits per heavy atom. The highest BCUT2D eigenvalue weighted by molar-refractivity contribution is 8.00. The van der Waals surface area contributed by atoms with E-state index in [4.69, 9.17) is 4.98 Å². The molecule has 1 aromatic heterocycles. The first kappa shape index (κ1) is 13.6. The minimum absolute atomic E-state index is 0.218. The molecule has 0 amide bonds. The number of hydrogen-bond donors (Lipinski definition) is 0. The van der Waals surface area contributed by atoms with Gasteiger partial charge in [0.2, 0.25) is 0 Å². The van der Waals surface area contributed by atoms with Crippen molar-refractivity contribution in [1.82, 2.24) is 9.55 Å². The predicted molar refractivity (Wildman–Crippen MR) is 81.4 cm³/mol. The van der Waals surface area contributed by atoms with Gasteiger partial charge in [0, 0.05) is 17.7 Å². The normalized spacial score (nSPS) is 23.6. The molecule has 1 atom stereocenters. The van der Waals surface area contributed by atoms with Gasteiger partial charge in [-0.25, -0.2) is 4.98 Å². The number of hydrogen-bond acceptors (Lipinski definition) is 4.